The maximum Gasteiger partial charge on any atom is 0.416 e. The van der Waals surface area contributed by atoms with Gasteiger partial charge < -0.3 is 9.47 Å². The minimum absolute atomic E-state index is 0.0373. The molecule has 1 aliphatic rings. The predicted molar refractivity (Wildman–Crippen MR) is 137 cm³/mol. The first-order valence-electron chi connectivity index (χ1n) is 13.1. The number of anilines is 1. The largest absolute Gasteiger partial charge is 0.449 e. The summed E-state index contributed by atoms with van der Waals surface area (Å²) < 4.78 is 93.9. The summed E-state index contributed by atoms with van der Waals surface area (Å²) in [5.41, 5.74) is -3.56. The molecule has 2 heterocycles. The minimum Gasteiger partial charge on any atom is -0.449 e. The SMILES string of the molecule is CCOC(=O)N1c2c(c(C)nn2C)C(N(Cc2cc(C(F)(F)F)cc(C(F)(F)F)c2)C(=O)OC(C)(C)C)CC1CC. The summed E-state index contributed by atoms with van der Waals surface area (Å²) in [6.07, 6.45) is -11.2. The monoisotopic (exact) mass is 592 g/mol. The minimum atomic E-state index is -5.06. The highest BCUT2D eigenvalue weighted by atomic mass is 19.4. The van der Waals surface area contributed by atoms with Crippen molar-refractivity contribution in [2.75, 3.05) is 11.5 Å². The van der Waals surface area contributed by atoms with Crippen molar-refractivity contribution in [2.24, 2.45) is 7.05 Å². The zero-order chi connectivity index (χ0) is 31.1. The topological polar surface area (TPSA) is 76.9 Å². The molecule has 0 radical (unpaired) electrons. The molecule has 0 fully saturated rings. The molecular formula is C27H34F6N4O4. The van der Waals surface area contributed by atoms with Crippen molar-refractivity contribution in [3.63, 3.8) is 0 Å². The maximum atomic E-state index is 13.6. The summed E-state index contributed by atoms with van der Waals surface area (Å²) in [6, 6.07) is -0.203. The Labute approximate surface area is 234 Å². The van der Waals surface area contributed by atoms with Crippen LogP contribution in [0.2, 0.25) is 0 Å². The van der Waals surface area contributed by atoms with Gasteiger partial charge in [0.05, 0.1) is 29.5 Å². The van der Waals surface area contributed by atoms with Crippen LogP contribution in [0.25, 0.3) is 0 Å². The smallest absolute Gasteiger partial charge is 0.416 e. The molecular weight excluding hydrogens is 558 g/mol. The number of carbonyl (C=O) groups excluding carboxylic acids is 2. The number of halogens is 6. The Kier molecular flexibility index (Phi) is 8.95. The van der Waals surface area contributed by atoms with Crippen LogP contribution in [0.1, 0.15) is 81.4 Å². The summed E-state index contributed by atoms with van der Waals surface area (Å²) >= 11 is 0. The number of benzene rings is 1. The van der Waals surface area contributed by atoms with Crippen molar-refractivity contribution in [1.29, 1.82) is 0 Å². The number of rotatable bonds is 5. The van der Waals surface area contributed by atoms with Gasteiger partial charge in [0, 0.05) is 25.2 Å². The third-order valence-corrected chi connectivity index (χ3v) is 6.60. The lowest BCUT2D eigenvalue weighted by Gasteiger charge is -2.42. The summed E-state index contributed by atoms with van der Waals surface area (Å²) in [5, 5.41) is 4.41. The van der Waals surface area contributed by atoms with E-state index in [4.69, 9.17) is 9.47 Å². The zero-order valence-electron chi connectivity index (χ0n) is 23.9. The van der Waals surface area contributed by atoms with E-state index in [1.807, 2.05) is 6.92 Å². The van der Waals surface area contributed by atoms with Crippen LogP contribution >= 0.6 is 0 Å². The van der Waals surface area contributed by atoms with E-state index in [9.17, 15) is 35.9 Å². The van der Waals surface area contributed by atoms with Crippen molar-refractivity contribution in [3.8, 4) is 0 Å². The normalized spacial score (nSPS) is 17.7. The van der Waals surface area contributed by atoms with Gasteiger partial charge in [-0.05, 0) is 71.2 Å². The van der Waals surface area contributed by atoms with Crippen LogP contribution in [0.5, 0.6) is 0 Å². The van der Waals surface area contributed by atoms with Gasteiger partial charge in [0.15, 0.2) is 0 Å². The summed E-state index contributed by atoms with van der Waals surface area (Å²) in [5.74, 6) is 0.317. The first-order valence-corrected chi connectivity index (χ1v) is 13.1. The van der Waals surface area contributed by atoms with Gasteiger partial charge in [-0.1, -0.05) is 6.92 Å². The van der Waals surface area contributed by atoms with E-state index in [2.05, 4.69) is 5.10 Å². The lowest BCUT2D eigenvalue weighted by molar-refractivity contribution is -0.143. The number of ether oxygens (including phenoxy) is 2. The molecule has 41 heavy (non-hydrogen) atoms. The van der Waals surface area contributed by atoms with Gasteiger partial charge in [-0.3, -0.25) is 14.5 Å². The van der Waals surface area contributed by atoms with Gasteiger partial charge >= 0.3 is 24.5 Å². The average molecular weight is 593 g/mol. The average Bonchev–Trinajstić information content (AvgIpc) is 3.13. The molecule has 0 aliphatic carbocycles. The molecule has 2 amide bonds. The third-order valence-electron chi connectivity index (χ3n) is 6.60. The number of hydrogen-bond acceptors (Lipinski definition) is 5. The second kappa shape index (κ2) is 11.4. The van der Waals surface area contributed by atoms with Crippen LogP contribution in [0.3, 0.4) is 0 Å². The Hall–Kier alpha value is -3.45. The molecule has 0 N–H and O–H groups in total. The molecule has 1 aliphatic heterocycles. The second-order valence-electron chi connectivity index (χ2n) is 10.9. The summed E-state index contributed by atoms with van der Waals surface area (Å²) in [7, 11) is 1.59. The van der Waals surface area contributed by atoms with Crippen LogP contribution in [-0.2, 0) is 35.4 Å². The lowest BCUT2D eigenvalue weighted by atomic mass is 9.90. The molecule has 2 unspecified atom stereocenters. The Morgan fingerprint density at radius 1 is 1.02 bits per heavy atom. The van der Waals surface area contributed by atoms with E-state index in [1.54, 1.807) is 41.7 Å². The van der Waals surface area contributed by atoms with E-state index >= 15 is 0 Å². The molecule has 2 atom stereocenters. The van der Waals surface area contributed by atoms with E-state index in [0.717, 1.165) is 4.90 Å². The number of amides is 2. The van der Waals surface area contributed by atoms with Crippen molar-refractivity contribution in [1.82, 2.24) is 14.7 Å². The first kappa shape index (κ1) is 32.1. The molecule has 14 heteroatoms. The van der Waals surface area contributed by atoms with Crippen LogP contribution in [0, 0.1) is 6.92 Å². The van der Waals surface area contributed by atoms with Crippen LogP contribution in [-0.4, -0.2) is 45.1 Å². The van der Waals surface area contributed by atoms with Gasteiger partial charge in [0.25, 0.3) is 0 Å². The van der Waals surface area contributed by atoms with Crippen LogP contribution < -0.4 is 4.90 Å². The highest BCUT2D eigenvalue weighted by Crippen LogP contribution is 2.45. The number of fused-ring (bicyclic) bond motifs is 1. The number of hydrogen-bond donors (Lipinski definition) is 0. The van der Waals surface area contributed by atoms with Gasteiger partial charge in [0.1, 0.15) is 11.4 Å². The maximum absolute atomic E-state index is 13.6. The Bertz CT molecular complexity index is 1250. The zero-order valence-corrected chi connectivity index (χ0v) is 23.9. The van der Waals surface area contributed by atoms with Crippen molar-refractivity contribution >= 4 is 18.0 Å². The van der Waals surface area contributed by atoms with Crippen LogP contribution in [0.15, 0.2) is 18.2 Å². The molecule has 2 aromatic rings. The quantitative estimate of drug-likeness (QED) is 0.339. The van der Waals surface area contributed by atoms with Gasteiger partial charge in [-0.2, -0.15) is 31.4 Å². The Morgan fingerprint density at radius 2 is 1.59 bits per heavy atom. The highest BCUT2D eigenvalue weighted by molar-refractivity contribution is 5.89. The molecule has 1 aromatic heterocycles. The Morgan fingerprint density at radius 3 is 2.05 bits per heavy atom. The number of carbonyl (C=O) groups is 2. The molecule has 0 spiro atoms. The second-order valence-corrected chi connectivity index (χ2v) is 10.9. The van der Waals surface area contributed by atoms with Gasteiger partial charge in [-0.15, -0.1) is 0 Å². The molecule has 0 saturated heterocycles. The number of nitrogens with zero attached hydrogens (tertiary/aromatic N) is 4. The number of alkyl halides is 6. The molecule has 0 saturated carbocycles. The lowest BCUT2D eigenvalue weighted by Crippen LogP contribution is -2.49. The molecule has 228 valence electrons. The van der Waals surface area contributed by atoms with Crippen molar-refractivity contribution < 1.29 is 45.4 Å². The van der Waals surface area contributed by atoms with E-state index < -0.39 is 59.9 Å². The van der Waals surface area contributed by atoms with Crippen LogP contribution in [0.4, 0.5) is 41.7 Å². The molecule has 3 rings (SSSR count). The summed E-state index contributed by atoms with van der Waals surface area (Å²) in [4.78, 5) is 29.1. The standard InChI is InChI=1S/C27H34F6N4O4/c1-8-19-13-20(21-15(3)34-35(7)22(21)37(19)24(39)40-9-2)36(23(38)41-25(4,5)6)14-16-10-17(26(28,29)30)12-18(11-16)27(31,32)33/h10-12,19-20H,8-9,13-14H2,1-7H3. The number of aryl methyl sites for hydroxylation is 2. The van der Waals surface area contributed by atoms with Gasteiger partial charge in [0.2, 0.25) is 0 Å². The predicted octanol–water partition coefficient (Wildman–Crippen LogP) is 7.39. The fraction of sp³-hybridized carbons (Fsp3) is 0.593. The molecule has 1 aromatic carbocycles. The Balaban J connectivity index is 2.22. The van der Waals surface area contributed by atoms with Gasteiger partial charge in [-0.25, -0.2) is 9.59 Å². The van der Waals surface area contributed by atoms with E-state index in [1.165, 1.54) is 9.58 Å². The molecule has 0 bridgehead atoms. The number of aromatic nitrogens is 2. The van der Waals surface area contributed by atoms with Crippen molar-refractivity contribution in [2.45, 2.75) is 91.0 Å². The van der Waals surface area contributed by atoms with E-state index in [0.29, 0.717) is 35.6 Å². The van der Waals surface area contributed by atoms with Crippen molar-refractivity contribution in [3.05, 3.63) is 46.1 Å². The molecule has 8 nitrogen and oxygen atoms in total. The first-order chi connectivity index (χ1) is 18.8. The third kappa shape index (κ3) is 7.07. The van der Waals surface area contributed by atoms with E-state index in [-0.39, 0.29) is 24.7 Å². The fourth-order valence-corrected chi connectivity index (χ4v) is 4.98. The summed E-state index contributed by atoms with van der Waals surface area (Å²) in [6.45, 7) is 9.34. The fourth-order valence-electron chi connectivity index (χ4n) is 4.98. The highest BCUT2D eigenvalue weighted by Gasteiger charge is 2.45.